The summed E-state index contributed by atoms with van der Waals surface area (Å²) in [5, 5.41) is 16.7. The van der Waals surface area contributed by atoms with Crippen LogP contribution in [-0.2, 0) is 4.79 Å². The fourth-order valence-corrected chi connectivity index (χ4v) is 4.52. The average Bonchev–Trinajstić information content (AvgIpc) is 3.21. The Morgan fingerprint density at radius 2 is 1.92 bits per heavy atom. The number of aromatic nitrogens is 1. The number of pyridine rings is 1. The van der Waals surface area contributed by atoms with Gasteiger partial charge in [0, 0.05) is 17.3 Å². The molecule has 0 saturated heterocycles. The number of benzene rings is 1. The van der Waals surface area contributed by atoms with Gasteiger partial charge in [-0.3, -0.25) is 4.79 Å². The van der Waals surface area contributed by atoms with Crippen LogP contribution in [0, 0.1) is 0 Å². The summed E-state index contributed by atoms with van der Waals surface area (Å²) in [6.07, 6.45) is 3.55. The van der Waals surface area contributed by atoms with E-state index in [-0.39, 0.29) is 11.7 Å². The average molecular weight is 478 g/mol. The van der Waals surface area contributed by atoms with Gasteiger partial charge in [0.15, 0.2) is 0 Å². The zero-order valence-electron chi connectivity index (χ0n) is 12.6. The van der Waals surface area contributed by atoms with Crippen molar-refractivity contribution in [2.24, 2.45) is 0 Å². The molecule has 4 rings (SSSR count). The van der Waals surface area contributed by atoms with Crippen LogP contribution < -0.4 is 5.32 Å². The van der Waals surface area contributed by atoms with E-state index in [1.54, 1.807) is 35.7 Å². The van der Waals surface area contributed by atoms with Crippen molar-refractivity contribution in [2.45, 2.75) is 0 Å². The monoisotopic (exact) mass is 476 g/mol. The molecule has 7 heteroatoms. The van der Waals surface area contributed by atoms with Crippen molar-refractivity contribution in [1.82, 2.24) is 4.98 Å². The number of hydrogen-bond acceptors (Lipinski definition) is 4. The first kappa shape index (κ1) is 16.5. The summed E-state index contributed by atoms with van der Waals surface area (Å²) in [6.45, 7) is 0. The Balaban J connectivity index is 1.82. The number of thiophene rings is 1. The fourth-order valence-electron chi connectivity index (χ4n) is 2.63. The molecule has 25 heavy (non-hydrogen) atoms. The van der Waals surface area contributed by atoms with Crippen LogP contribution in [0.3, 0.4) is 0 Å². The molecule has 0 fully saturated rings. The Labute approximate surface area is 164 Å². The van der Waals surface area contributed by atoms with Crippen molar-refractivity contribution in [3.8, 4) is 16.9 Å². The van der Waals surface area contributed by atoms with Crippen LogP contribution >= 0.6 is 43.2 Å². The van der Waals surface area contributed by atoms with Crippen molar-refractivity contribution >= 4 is 66.6 Å². The summed E-state index contributed by atoms with van der Waals surface area (Å²) >= 11 is 8.24. The maximum atomic E-state index is 12.4. The number of phenols is 1. The molecule has 124 valence electrons. The quantitative estimate of drug-likeness (QED) is 0.476. The van der Waals surface area contributed by atoms with Gasteiger partial charge in [0.25, 0.3) is 5.91 Å². The maximum Gasteiger partial charge on any atom is 0.257 e. The van der Waals surface area contributed by atoms with E-state index < -0.39 is 0 Å². The second-order valence-corrected chi connectivity index (χ2v) is 7.97. The highest BCUT2D eigenvalue weighted by Gasteiger charge is 2.26. The number of anilines is 1. The van der Waals surface area contributed by atoms with Gasteiger partial charge in [-0.2, -0.15) is 11.3 Å². The van der Waals surface area contributed by atoms with Crippen LogP contribution in [0.25, 0.3) is 22.8 Å². The molecule has 3 aromatic rings. The third-order valence-electron chi connectivity index (χ3n) is 3.86. The number of carbonyl (C=O) groups excluding carboxylic acids is 1. The summed E-state index contributed by atoms with van der Waals surface area (Å²) in [5.74, 6) is 0.497. The molecule has 0 radical (unpaired) electrons. The first-order valence-electron chi connectivity index (χ1n) is 7.27. The molecule has 4 nitrogen and oxygen atoms in total. The van der Waals surface area contributed by atoms with E-state index in [1.165, 1.54) is 0 Å². The molecule has 0 bridgehead atoms. The molecule has 0 spiro atoms. The van der Waals surface area contributed by atoms with E-state index in [9.17, 15) is 9.90 Å². The highest BCUT2D eigenvalue weighted by atomic mass is 79.9. The Bertz CT molecular complexity index is 1010. The Hall–Kier alpha value is -1.96. The van der Waals surface area contributed by atoms with Crippen molar-refractivity contribution in [1.29, 1.82) is 0 Å². The normalized spacial score (nSPS) is 14.6. The zero-order chi connectivity index (χ0) is 17.6. The van der Waals surface area contributed by atoms with Gasteiger partial charge in [-0.1, -0.05) is 0 Å². The van der Waals surface area contributed by atoms with Gasteiger partial charge in [0.2, 0.25) is 0 Å². The predicted molar refractivity (Wildman–Crippen MR) is 108 cm³/mol. The highest BCUT2D eigenvalue weighted by Crippen LogP contribution is 2.37. The van der Waals surface area contributed by atoms with Crippen molar-refractivity contribution in [3.63, 3.8) is 0 Å². The number of rotatable bonds is 2. The van der Waals surface area contributed by atoms with E-state index in [1.807, 2.05) is 22.9 Å². The first-order chi connectivity index (χ1) is 12.0. The molecule has 1 amide bonds. The lowest BCUT2D eigenvalue weighted by molar-refractivity contribution is -0.110. The molecule has 3 heterocycles. The molecule has 1 aliphatic heterocycles. The third-order valence-corrected chi connectivity index (χ3v) is 5.75. The summed E-state index contributed by atoms with van der Waals surface area (Å²) in [7, 11) is 0. The minimum atomic E-state index is -0.190. The van der Waals surface area contributed by atoms with Crippen LogP contribution in [0.4, 0.5) is 5.82 Å². The summed E-state index contributed by atoms with van der Waals surface area (Å²) < 4.78 is 1.11. The number of nitrogens with zero attached hydrogens (tertiary/aromatic N) is 1. The number of fused-ring (bicyclic) bond motifs is 1. The Morgan fingerprint density at radius 1 is 1.16 bits per heavy atom. The van der Waals surface area contributed by atoms with Crippen molar-refractivity contribution < 1.29 is 9.90 Å². The molecule has 2 aromatic heterocycles. The van der Waals surface area contributed by atoms with Gasteiger partial charge in [-0.15, -0.1) is 0 Å². The molecular formula is C18H10Br2N2O2S. The lowest BCUT2D eigenvalue weighted by atomic mass is 10.0. The zero-order valence-corrected chi connectivity index (χ0v) is 16.6. The SMILES string of the molecule is O=C1Nc2ncc(-c3ccsc3)cc2C1=Cc1cc(Br)c(O)c(Br)c1. The van der Waals surface area contributed by atoms with Gasteiger partial charge in [-0.25, -0.2) is 4.98 Å². The number of amides is 1. The van der Waals surface area contributed by atoms with Gasteiger partial charge in [-0.05, 0) is 84.1 Å². The number of carbonyl (C=O) groups is 1. The van der Waals surface area contributed by atoms with E-state index >= 15 is 0 Å². The van der Waals surface area contributed by atoms with Crippen LogP contribution in [0.5, 0.6) is 5.75 Å². The summed E-state index contributed by atoms with van der Waals surface area (Å²) in [5.41, 5.74) is 4.15. The van der Waals surface area contributed by atoms with E-state index in [2.05, 4.69) is 42.2 Å². The van der Waals surface area contributed by atoms with Crippen LogP contribution in [0.1, 0.15) is 11.1 Å². The molecule has 2 N–H and O–H groups in total. The topological polar surface area (TPSA) is 62.2 Å². The van der Waals surface area contributed by atoms with Crippen LogP contribution in [0.15, 0.2) is 50.2 Å². The third kappa shape index (κ3) is 3.03. The first-order valence-corrected chi connectivity index (χ1v) is 9.80. The van der Waals surface area contributed by atoms with Gasteiger partial charge < -0.3 is 10.4 Å². The molecule has 0 aliphatic carbocycles. The minimum Gasteiger partial charge on any atom is -0.506 e. The van der Waals surface area contributed by atoms with E-state index in [4.69, 9.17) is 0 Å². The standard InChI is InChI=1S/C18H10Br2N2O2S/c19-14-4-9(5-15(20)16(14)23)3-13-12-6-11(10-1-2-25-8-10)7-21-17(12)22-18(13)24/h1-8,23H,(H,21,22,24). The second kappa shape index (κ2) is 6.40. The highest BCUT2D eigenvalue weighted by molar-refractivity contribution is 9.11. The Morgan fingerprint density at radius 3 is 2.60 bits per heavy atom. The number of hydrogen-bond donors (Lipinski definition) is 2. The molecule has 0 unspecified atom stereocenters. The second-order valence-electron chi connectivity index (χ2n) is 5.48. The number of aromatic hydroxyl groups is 1. The van der Waals surface area contributed by atoms with Crippen molar-refractivity contribution in [2.75, 3.05) is 5.32 Å². The molecule has 0 saturated carbocycles. The predicted octanol–water partition coefficient (Wildman–Crippen LogP) is 5.53. The molecule has 1 aliphatic rings. The maximum absolute atomic E-state index is 12.4. The van der Waals surface area contributed by atoms with Gasteiger partial charge in [0.1, 0.15) is 11.6 Å². The minimum absolute atomic E-state index is 0.125. The Kier molecular flexibility index (Phi) is 4.23. The van der Waals surface area contributed by atoms with Crippen LogP contribution in [-0.4, -0.2) is 16.0 Å². The van der Waals surface area contributed by atoms with Crippen molar-refractivity contribution in [3.05, 3.63) is 61.3 Å². The van der Waals surface area contributed by atoms with E-state index in [0.29, 0.717) is 20.3 Å². The van der Waals surface area contributed by atoms with Crippen LogP contribution in [0.2, 0.25) is 0 Å². The lowest BCUT2D eigenvalue weighted by Crippen LogP contribution is -2.04. The summed E-state index contributed by atoms with van der Waals surface area (Å²) in [4.78, 5) is 16.8. The fraction of sp³-hybridized carbons (Fsp3) is 0. The molecular weight excluding hydrogens is 468 g/mol. The number of nitrogens with one attached hydrogen (secondary N) is 1. The molecule has 0 atom stereocenters. The van der Waals surface area contributed by atoms with E-state index in [0.717, 1.165) is 22.3 Å². The van der Waals surface area contributed by atoms with Gasteiger partial charge >= 0.3 is 0 Å². The summed E-state index contributed by atoms with van der Waals surface area (Å²) in [6, 6.07) is 7.51. The number of halogens is 2. The lowest BCUT2D eigenvalue weighted by Gasteiger charge is -2.04. The largest absolute Gasteiger partial charge is 0.506 e. The smallest absolute Gasteiger partial charge is 0.257 e. The van der Waals surface area contributed by atoms with Gasteiger partial charge in [0.05, 0.1) is 14.5 Å². The molecule has 1 aromatic carbocycles. The number of phenolic OH excluding ortho intramolecular Hbond substituents is 1.